The van der Waals surface area contributed by atoms with Gasteiger partial charge in [0.1, 0.15) is 0 Å². The molecule has 14 heavy (non-hydrogen) atoms. The first-order valence-corrected chi connectivity index (χ1v) is 5.94. The van der Waals surface area contributed by atoms with E-state index in [0.29, 0.717) is 12.1 Å². The highest BCUT2D eigenvalue weighted by Crippen LogP contribution is 2.23. The van der Waals surface area contributed by atoms with Crippen molar-refractivity contribution in [2.24, 2.45) is 0 Å². The topological polar surface area (TPSA) is 15.3 Å². The maximum absolute atomic E-state index is 3.26. The fourth-order valence-electron chi connectivity index (χ4n) is 1.43. The van der Waals surface area contributed by atoms with E-state index in [-0.39, 0.29) is 0 Å². The molecular formula is C11H20N2S. The van der Waals surface area contributed by atoms with Crippen LogP contribution < -0.4 is 5.32 Å². The molecule has 1 aromatic rings. The molecule has 0 bridgehead atoms. The molecule has 80 valence electrons. The number of nitrogens with one attached hydrogen (secondary N) is 1. The summed E-state index contributed by atoms with van der Waals surface area (Å²) in [7, 11) is 4.19. The Morgan fingerprint density at radius 1 is 1.50 bits per heavy atom. The van der Waals surface area contributed by atoms with Gasteiger partial charge in [-0.25, -0.2) is 0 Å². The number of rotatable bonds is 5. The molecule has 0 aliphatic rings. The van der Waals surface area contributed by atoms with Crippen molar-refractivity contribution in [3.8, 4) is 0 Å². The van der Waals surface area contributed by atoms with E-state index in [1.807, 2.05) is 18.4 Å². The van der Waals surface area contributed by atoms with E-state index >= 15 is 0 Å². The lowest BCUT2D eigenvalue weighted by Crippen LogP contribution is -2.36. The van der Waals surface area contributed by atoms with Crippen LogP contribution >= 0.6 is 11.3 Å². The van der Waals surface area contributed by atoms with Gasteiger partial charge in [-0.2, -0.15) is 0 Å². The van der Waals surface area contributed by atoms with Crippen molar-refractivity contribution in [2.45, 2.75) is 25.9 Å². The minimum absolute atomic E-state index is 0.519. The van der Waals surface area contributed by atoms with Crippen molar-refractivity contribution in [1.29, 1.82) is 0 Å². The number of hydrogen-bond acceptors (Lipinski definition) is 3. The van der Waals surface area contributed by atoms with Gasteiger partial charge in [0, 0.05) is 23.5 Å². The molecule has 1 N–H and O–H groups in total. The fourth-order valence-corrected chi connectivity index (χ4v) is 2.28. The summed E-state index contributed by atoms with van der Waals surface area (Å²) < 4.78 is 0. The van der Waals surface area contributed by atoms with Crippen LogP contribution in [0.25, 0.3) is 0 Å². The van der Waals surface area contributed by atoms with Crippen molar-refractivity contribution in [3.05, 3.63) is 22.4 Å². The van der Waals surface area contributed by atoms with Gasteiger partial charge in [-0.05, 0) is 39.4 Å². The summed E-state index contributed by atoms with van der Waals surface area (Å²) in [5.41, 5.74) is 0. The summed E-state index contributed by atoms with van der Waals surface area (Å²) in [5, 5.41) is 5.40. The van der Waals surface area contributed by atoms with Crippen LogP contribution in [0, 0.1) is 0 Å². The Labute approximate surface area is 90.9 Å². The van der Waals surface area contributed by atoms with Gasteiger partial charge >= 0.3 is 0 Å². The van der Waals surface area contributed by atoms with Crippen molar-refractivity contribution in [1.82, 2.24) is 10.2 Å². The molecule has 2 unspecified atom stereocenters. The summed E-state index contributed by atoms with van der Waals surface area (Å²) in [6.07, 6.45) is 0. The third kappa shape index (κ3) is 3.08. The molecule has 2 atom stereocenters. The van der Waals surface area contributed by atoms with Gasteiger partial charge in [0.25, 0.3) is 0 Å². The van der Waals surface area contributed by atoms with Gasteiger partial charge in [-0.3, -0.25) is 4.90 Å². The zero-order chi connectivity index (χ0) is 10.6. The van der Waals surface area contributed by atoms with Crippen LogP contribution in [-0.4, -0.2) is 31.6 Å². The lowest BCUT2D eigenvalue weighted by molar-refractivity contribution is 0.243. The van der Waals surface area contributed by atoms with Crippen LogP contribution in [-0.2, 0) is 0 Å². The predicted molar refractivity (Wildman–Crippen MR) is 63.9 cm³/mol. The van der Waals surface area contributed by atoms with Crippen LogP contribution in [0.3, 0.4) is 0 Å². The second-order valence-corrected chi connectivity index (χ2v) is 4.80. The Hall–Kier alpha value is -0.380. The summed E-state index contributed by atoms with van der Waals surface area (Å²) in [6, 6.07) is 5.38. The lowest BCUT2D eigenvalue weighted by atomic mass is 10.2. The minimum atomic E-state index is 0.519. The molecule has 1 aromatic heterocycles. The predicted octanol–water partition coefficient (Wildman–Crippen LogP) is 2.35. The average Bonchev–Trinajstić information content (AvgIpc) is 2.69. The van der Waals surface area contributed by atoms with Gasteiger partial charge in [-0.15, -0.1) is 11.3 Å². The number of thiophene rings is 1. The van der Waals surface area contributed by atoms with Crippen molar-refractivity contribution >= 4 is 11.3 Å². The van der Waals surface area contributed by atoms with E-state index in [0.717, 1.165) is 6.54 Å². The Bertz CT molecular complexity index is 246. The summed E-state index contributed by atoms with van der Waals surface area (Å²) in [4.78, 5) is 3.82. The Morgan fingerprint density at radius 3 is 2.71 bits per heavy atom. The van der Waals surface area contributed by atoms with E-state index in [4.69, 9.17) is 0 Å². The number of nitrogens with zero attached hydrogens (tertiary/aromatic N) is 1. The molecule has 0 aromatic carbocycles. The summed E-state index contributed by atoms with van der Waals surface area (Å²) >= 11 is 1.83. The Balaban J connectivity index is 2.48. The van der Waals surface area contributed by atoms with Crippen LogP contribution in [0.1, 0.15) is 24.8 Å². The highest BCUT2D eigenvalue weighted by atomic mass is 32.1. The van der Waals surface area contributed by atoms with Crippen LogP contribution in [0.15, 0.2) is 17.5 Å². The zero-order valence-corrected chi connectivity index (χ0v) is 10.3. The summed E-state index contributed by atoms with van der Waals surface area (Å²) in [6.45, 7) is 5.54. The third-order valence-electron chi connectivity index (χ3n) is 2.67. The molecule has 1 heterocycles. The van der Waals surface area contributed by atoms with E-state index in [1.54, 1.807) is 0 Å². The van der Waals surface area contributed by atoms with Crippen LogP contribution in [0.2, 0.25) is 0 Å². The van der Waals surface area contributed by atoms with Gasteiger partial charge in [-0.1, -0.05) is 6.07 Å². The maximum atomic E-state index is 3.26. The van der Waals surface area contributed by atoms with Crippen LogP contribution in [0.5, 0.6) is 0 Å². The zero-order valence-electron chi connectivity index (χ0n) is 9.45. The molecule has 2 nitrogen and oxygen atoms in total. The molecule has 0 saturated heterocycles. The van der Waals surface area contributed by atoms with Crippen molar-refractivity contribution < 1.29 is 0 Å². The monoisotopic (exact) mass is 212 g/mol. The first-order valence-electron chi connectivity index (χ1n) is 5.06. The molecule has 0 aliphatic heterocycles. The fraction of sp³-hybridized carbons (Fsp3) is 0.636. The second-order valence-electron chi connectivity index (χ2n) is 3.82. The maximum Gasteiger partial charge on any atom is 0.0410 e. The SMILES string of the molecule is CNC(C)CN(C)C(C)c1cccs1. The van der Waals surface area contributed by atoms with E-state index in [9.17, 15) is 0 Å². The minimum Gasteiger partial charge on any atom is -0.316 e. The average molecular weight is 212 g/mol. The number of hydrogen-bond donors (Lipinski definition) is 1. The largest absolute Gasteiger partial charge is 0.316 e. The highest BCUT2D eigenvalue weighted by molar-refractivity contribution is 7.10. The van der Waals surface area contributed by atoms with Gasteiger partial charge in [0.15, 0.2) is 0 Å². The molecular weight excluding hydrogens is 192 g/mol. The first-order chi connectivity index (χ1) is 6.65. The van der Waals surface area contributed by atoms with Crippen molar-refractivity contribution in [2.75, 3.05) is 20.6 Å². The molecule has 0 fully saturated rings. The smallest absolute Gasteiger partial charge is 0.0410 e. The molecule has 0 aliphatic carbocycles. The third-order valence-corrected chi connectivity index (χ3v) is 3.71. The van der Waals surface area contributed by atoms with Crippen LogP contribution in [0.4, 0.5) is 0 Å². The standard InChI is InChI=1S/C11H20N2S/c1-9(12-3)8-13(4)10(2)11-6-5-7-14-11/h5-7,9-10,12H,8H2,1-4H3. The molecule has 0 radical (unpaired) electrons. The quantitative estimate of drug-likeness (QED) is 0.806. The first kappa shape index (κ1) is 11.7. The van der Waals surface area contributed by atoms with E-state index in [2.05, 4.69) is 48.6 Å². The summed E-state index contributed by atoms with van der Waals surface area (Å²) in [5.74, 6) is 0. The second kappa shape index (κ2) is 5.49. The van der Waals surface area contributed by atoms with Gasteiger partial charge in [0.05, 0.1) is 0 Å². The van der Waals surface area contributed by atoms with Gasteiger partial charge < -0.3 is 5.32 Å². The Morgan fingerprint density at radius 2 is 2.21 bits per heavy atom. The van der Waals surface area contributed by atoms with Gasteiger partial charge in [0.2, 0.25) is 0 Å². The normalized spacial score (nSPS) is 15.8. The highest BCUT2D eigenvalue weighted by Gasteiger charge is 2.13. The Kier molecular flexibility index (Phi) is 4.58. The van der Waals surface area contributed by atoms with Crippen molar-refractivity contribution in [3.63, 3.8) is 0 Å². The molecule has 0 amide bonds. The lowest BCUT2D eigenvalue weighted by Gasteiger charge is -2.26. The molecule has 0 spiro atoms. The molecule has 1 rings (SSSR count). The van der Waals surface area contributed by atoms with E-state index < -0.39 is 0 Å². The molecule has 0 saturated carbocycles. The number of likely N-dealkylation sites (N-methyl/N-ethyl adjacent to an activating group) is 2. The molecule has 3 heteroatoms. The van der Waals surface area contributed by atoms with E-state index in [1.165, 1.54) is 4.88 Å².